The number of carbonyl (C=O) groups excluding carboxylic acids is 2. The fourth-order valence-electron chi connectivity index (χ4n) is 7.61. The number of nitrogens with zero attached hydrogens (tertiary/aromatic N) is 1. The maximum Gasteiger partial charge on any atom is 0.306 e. The highest BCUT2D eigenvalue weighted by Gasteiger charge is 2.16. The Balaban J connectivity index is 4.21. The van der Waals surface area contributed by atoms with Crippen molar-refractivity contribution in [3.8, 4) is 0 Å². The van der Waals surface area contributed by atoms with E-state index in [-0.39, 0.29) is 18.5 Å². The van der Waals surface area contributed by atoms with E-state index in [9.17, 15) is 14.7 Å². The van der Waals surface area contributed by atoms with Gasteiger partial charge in [0, 0.05) is 25.9 Å². The Labute approximate surface area is 325 Å². The van der Waals surface area contributed by atoms with Crippen molar-refractivity contribution < 1.29 is 19.4 Å². The van der Waals surface area contributed by atoms with Crippen LogP contribution in [-0.2, 0) is 14.3 Å². The first-order valence-corrected chi connectivity index (χ1v) is 23.3. The van der Waals surface area contributed by atoms with Crippen molar-refractivity contribution in [2.24, 2.45) is 11.8 Å². The summed E-state index contributed by atoms with van der Waals surface area (Å²) in [5, 5.41) is 12.8. The Kier molecular flexibility index (Phi) is 40.1. The van der Waals surface area contributed by atoms with Gasteiger partial charge in [0.25, 0.3) is 0 Å². The molecule has 0 aliphatic carbocycles. The van der Waals surface area contributed by atoms with E-state index in [1.54, 1.807) is 0 Å². The fourth-order valence-corrected chi connectivity index (χ4v) is 7.61. The van der Waals surface area contributed by atoms with Crippen LogP contribution >= 0.6 is 0 Å². The van der Waals surface area contributed by atoms with Crippen LogP contribution in [0, 0.1) is 11.8 Å². The Hall–Kier alpha value is -1.14. The lowest BCUT2D eigenvalue weighted by Gasteiger charge is -2.21. The molecule has 0 saturated carbocycles. The van der Waals surface area contributed by atoms with Crippen molar-refractivity contribution in [2.45, 2.75) is 233 Å². The standard InChI is InChI=1S/C46H92N2O4/c1-5-9-13-17-19-25-32-43(31-23-15-11-7-3)41-45(50)47-35-27-21-28-36-48(38-39-49)37-29-22-30-40-52-46(51)42-44(33-24-16-12-8-4)34-26-20-18-14-10-6-2/h43-44,49H,5-42H2,1-4H3,(H,47,50). The molecule has 0 rings (SSSR count). The Morgan fingerprint density at radius 1 is 0.500 bits per heavy atom. The van der Waals surface area contributed by atoms with E-state index < -0.39 is 0 Å². The molecule has 2 atom stereocenters. The van der Waals surface area contributed by atoms with Gasteiger partial charge in [0.1, 0.15) is 0 Å². The van der Waals surface area contributed by atoms with Crippen molar-refractivity contribution >= 4 is 11.9 Å². The first-order valence-electron chi connectivity index (χ1n) is 23.3. The molecule has 0 aliphatic heterocycles. The Morgan fingerprint density at radius 3 is 1.38 bits per heavy atom. The number of esters is 1. The molecule has 0 aromatic rings. The minimum absolute atomic E-state index is 0.0000332. The van der Waals surface area contributed by atoms with Crippen LogP contribution in [0.5, 0.6) is 0 Å². The topological polar surface area (TPSA) is 78.9 Å². The quantitative estimate of drug-likeness (QED) is 0.0482. The lowest BCUT2D eigenvalue weighted by Crippen LogP contribution is -2.29. The predicted octanol–water partition coefficient (Wildman–Crippen LogP) is 12.7. The molecule has 310 valence electrons. The van der Waals surface area contributed by atoms with Crippen LogP contribution in [0.25, 0.3) is 0 Å². The molecule has 1 amide bonds. The first kappa shape index (κ1) is 50.9. The normalized spacial score (nSPS) is 12.7. The first-order chi connectivity index (χ1) is 25.5. The maximum absolute atomic E-state index is 12.8. The van der Waals surface area contributed by atoms with Gasteiger partial charge in [-0.25, -0.2) is 0 Å². The highest BCUT2D eigenvalue weighted by atomic mass is 16.5. The maximum atomic E-state index is 12.8. The van der Waals surface area contributed by atoms with Gasteiger partial charge in [0.05, 0.1) is 13.2 Å². The molecule has 0 heterocycles. The highest BCUT2D eigenvalue weighted by Crippen LogP contribution is 2.23. The minimum Gasteiger partial charge on any atom is -0.466 e. The number of aliphatic hydroxyl groups excluding tert-OH is 1. The number of nitrogens with one attached hydrogen (secondary N) is 1. The number of carbonyl (C=O) groups is 2. The average Bonchev–Trinajstić information content (AvgIpc) is 3.13. The van der Waals surface area contributed by atoms with Gasteiger partial charge in [-0.05, 0) is 82.7 Å². The van der Waals surface area contributed by atoms with Crippen LogP contribution in [0.1, 0.15) is 233 Å². The third-order valence-electron chi connectivity index (χ3n) is 11.1. The Bertz CT molecular complexity index is 690. The van der Waals surface area contributed by atoms with Crippen LogP contribution < -0.4 is 5.32 Å². The third kappa shape index (κ3) is 35.9. The zero-order chi connectivity index (χ0) is 38.2. The van der Waals surface area contributed by atoms with Crippen molar-refractivity contribution in [3.63, 3.8) is 0 Å². The van der Waals surface area contributed by atoms with E-state index in [1.165, 1.54) is 154 Å². The average molecular weight is 737 g/mol. The molecule has 0 saturated heterocycles. The van der Waals surface area contributed by atoms with Crippen LogP contribution in [0.3, 0.4) is 0 Å². The highest BCUT2D eigenvalue weighted by molar-refractivity contribution is 5.76. The molecule has 6 nitrogen and oxygen atoms in total. The second-order valence-electron chi connectivity index (χ2n) is 16.2. The van der Waals surface area contributed by atoms with Gasteiger partial charge >= 0.3 is 5.97 Å². The number of hydrogen-bond acceptors (Lipinski definition) is 5. The summed E-state index contributed by atoms with van der Waals surface area (Å²) in [7, 11) is 0. The lowest BCUT2D eigenvalue weighted by molar-refractivity contribution is -0.145. The van der Waals surface area contributed by atoms with E-state index in [4.69, 9.17) is 4.74 Å². The molecule has 0 bridgehead atoms. The van der Waals surface area contributed by atoms with Crippen LogP contribution in [0.15, 0.2) is 0 Å². The van der Waals surface area contributed by atoms with E-state index >= 15 is 0 Å². The van der Waals surface area contributed by atoms with Gasteiger partial charge < -0.3 is 20.1 Å². The van der Waals surface area contributed by atoms with Crippen LogP contribution in [0.4, 0.5) is 0 Å². The summed E-state index contributed by atoms with van der Waals surface area (Å²) in [6, 6.07) is 0. The number of ether oxygens (including phenoxy) is 1. The second kappa shape index (κ2) is 41.0. The number of aliphatic hydroxyl groups is 1. The molecule has 0 fully saturated rings. The monoisotopic (exact) mass is 737 g/mol. The van der Waals surface area contributed by atoms with E-state index in [2.05, 4.69) is 37.9 Å². The summed E-state index contributed by atoms with van der Waals surface area (Å²) in [5.74, 6) is 1.27. The van der Waals surface area contributed by atoms with E-state index in [0.717, 1.165) is 58.2 Å². The molecular formula is C46H92N2O4. The van der Waals surface area contributed by atoms with Gasteiger partial charge in [-0.2, -0.15) is 0 Å². The van der Waals surface area contributed by atoms with Gasteiger partial charge in [-0.3, -0.25) is 9.59 Å². The summed E-state index contributed by atoms with van der Waals surface area (Å²) in [6.07, 6.45) is 38.2. The largest absolute Gasteiger partial charge is 0.466 e. The molecule has 2 unspecified atom stereocenters. The number of unbranched alkanes of at least 4 members (excludes halogenated alkanes) is 20. The van der Waals surface area contributed by atoms with Crippen molar-refractivity contribution in [3.05, 3.63) is 0 Å². The van der Waals surface area contributed by atoms with Crippen LogP contribution in [0.2, 0.25) is 0 Å². The minimum atomic E-state index is -0.0000332. The fraction of sp³-hybridized carbons (Fsp3) is 0.957. The summed E-state index contributed by atoms with van der Waals surface area (Å²) in [5.41, 5.74) is 0. The van der Waals surface area contributed by atoms with E-state index in [1.807, 2.05) is 0 Å². The molecule has 0 spiro atoms. The molecule has 0 aliphatic rings. The van der Waals surface area contributed by atoms with E-state index in [0.29, 0.717) is 37.8 Å². The summed E-state index contributed by atoms with van der Waals surface area (Å²) < 4.78 is 5.69. The Morgan fingerprint density at radius 2 is 0.904 bits per heavy atom. The van der Waals surface area contributed by atoms with Gasteiger partial charge in [-0.15, -0.1) is 0 Å². The van der Waals surface area contributed by atoms with Gasteiger partial charge in [-0.1, -0.05) is 163 Å². The predicted molar refractivity (Wildman–Crippen MR) is 225 cm³/mol. The number of amides is 1. The molecule has 0 aromatic heterocycles. The zero-order valence-electron chi connectivity index (χ0n) is 35.6. The summed E-state index contributed by atoms with van der Waals surface area (Å²) in [4.78, 5) is 27.8. The second-order valence-corrected chi connectivity index (χ2v) is 16.2. The van der Waals surface area contributed by atoms with Crippen molar-refractivity contribution in [1.29, 1.82) is 0 Å². The van der Waals surface area contributed by atoms with Crippen LogP contribution in [-0.4, -0.2) is 61.3 Å². The van der Waals surface area contributed by atoms with Crippen molar-refractivity contribution in [2.75, 3.05) is 39.4 Å². The lowest BCUT2D eigenvalue weighted by atomic mass is 9.91. The molecule has 6 heteroatoms. The molecule has 52 heavy (non-hydrogen) atoms. The molecular weight excluding hydrogens is 645 g/mol. The molecule has 0 radical (unpaired) electrons. The summed E-state index contributed by atoms with van der Waals surface area (Å²) >= 11 is 0. The number of hydrogen-bond donors (Lipinski definition) is 2. The SMILES string of the molecule is CCCCCCCCC(CCCCCC)CC(=O)NCCCCCN(CCO)CCCCCOC(=O)CC(CCCCCC)CCCCCCCC. The molecule has 0 aromatic carbocycles. The van der Waals surface area contributed by atoms with Crippen molar-refractivity contribution in [1.82, 2.24) is 10.2 Å². The molecule has 2 N–H and O–H groups in total. The zero-order valence-corrected chi connectivity index (χ0v) is 35.6. The smallest absolute Gasteiger partial charge is 0.306 e. The third-order valence-corrected chi connectivity index (χ3v) is 11.1. The summed E-state index contributed by atoms with van der Waals surface area (Å²) in [6.45, 7) is 13.2. The number of rotatable bonds is 42. The van der Waals surface area contributed by atoms with Gasteiger partial charge in [0.2, 0.25) is 5.91 Å². The van der Waals surface area contributed by atoms with Gasteiger partial charge in [0.15, 0.2) is 0 Å².